The Hall–Kier alpha value is -1.69. The van der Waals surface area contributed by atoms with Crippen molar-refractivity contribution in [2.24, 2.45) is 5.92 Å². The van der Waals surface area contributed by atoms with Crippen molar-refractivity contribution < 1.29 is 4.79 Å². The minimum absolute atomic E-state index is 0.0269. The minimum Gasteiger partial charge on any atom is -0.350 e. The molecule has 0 radical (unpaired) electrons. The molecule has 0 aromatic carbocycles. The second kappa shape index (κ2) is 6.85. The van der Waals surface area contributed by atoms with Gasteiger partial charge in [-0.2, -0.15) is 0 Å². The van der Waals surface area contributed by atoms with E-state index in [0.717, 1.165) is 27.8 Å². The van der Waals surface area contributed by atoms with Crippen molar-refractivity contribution in [2.75, 3.05) is 0 Å². The van der Waals surface area contributed by atoms with Crippen molar-refractivity contribution in [3.05, 3.63) is 33.8 Å². The normalized spacial score (nSPS) is 11.1. The van der Waals surface area contributed by atoms with Crippen LogP contribution in [-0.4, -0.2) is 20.4 Å². The van der Waals surface area contributed by atoms with E-state index in [2.05, 4.69) is 33.7 Å². The number of nitrogens with one attached hydrogen (secondary N) is 1. The maximum Gasteiger partial charge on any atom is 0.225 e. The van der Waals surface area contributed by atoms with Crippen LogP contribution < -0.4 is 5.32 Å². The highest BCUT2D eigenvalue weighted by Crippen LogP contribution is 2.17. The zero-order valence-electron chi connectivity index (χ0n) is 13.0. The number of rotatable bonds is 6. The van der Waals surface area contributed by atoms with Gasteiger partial charge in [-0.05, 0) is 19.8 Å². The monoisotopic (exact) mass is 306 g/mol. The predicted octanol–water partition coefficient (Wildman–Crippen LogP) is 2.47. The van der Waals surface area contributed by atoms with E-state index in [4.69, 9.17) is 0 Å². The van der Waals surface area contributed by atoms with E-state index in [-0.39, 0.29) is 5.91 Å². The third-order valence-corrected chi connectivity index (χ3v) is 4.22. The average Bonchev–Trinajstić information content (AvgIpc) is 2.93. The highest BCUT2D eigenvalue weighted by molar-refractivity contribution is 7.11. The third-order valence-electron chi connectivity index (χ3n) is 3.15. The lowest BCUT2D eigenvalue weighted by Gasteiger charge is -2.11. The molecule has 0 aliphatic rings. The molecule has 0 atom stereocenters. The molecular formula is C15H22N4OS. The van der Waals surface area contributed by atoms with Crippen LogP contribution >= 0.6 is 11.3 Å². The molecule has 6 heteroatoms. The van der Waals surface area contributed by atoms with Crippen molar-refractivity contribution in [2.45, 2.75) is 47.2 Å². The molecule has 1 amide bonds. The molecule has 0 spiro atoms. The molecule has 0 fully saturated rings. The molecule has 0 bridgehead atoms. The van der Waals surface area contributed by atoms with Crippen LogP contribution in [0.25, 0.3) is 0 Å². The molecule has 0 saturated carbocycles. The number of nitrogens with zero attached hydrogens (tertiary/aromatic N) is 3. The smallest absolute Gasteiger partial charge is 0.225 e. The Morgan fingerprint density at radius 1 is 1.43 bits per heavy atom. The van der Waals surface area contributed by atoms with Gasteiger partial charge in [0.15, 0.2) is 0 Å². The Morgan fingerprint density at radius 2 is 2.19 bits per heavy atom. The molecule has 2 aromatic heterocycles. The van der Waals surface area contributed by atoms with Gasteiger partial charge in [0.05, 0.1) is 35.7 Å². The molecule has 0 unspecified atom stereocenters. The molecule has 114 valence electrons. The number of thiazole rings is 1. The molecule has 21 heavy (non-hydrogen) atoms. The summed E-state index contributed by atoms with van der Waals surface area (Å²) in [6, 6.07) is 0. The summed E-state index contributed by atoms with van der Waals surface area (Å²) in [7, 11) is 0. The van der Waals surface area contributed by atoms with Gasteiger partial charge in [-0.1, -0.05) is 13.8 Å². The fourth-order valence-corrected chi connectivity index (χ4v) is 3.12. The molecule has 2 rings (SSSR count). The second-order valence-corrected chi connectivity index (χ2v) is 6.91. The fraction of sp³-hybridized carbons (Fsp3) is 0.533. The molecule has 5 nitrogen and oxygen atoms in total. The summed E-state index contributed by atoms with van der Waals surface area (Å²) in [5, 5.41) is 3.97. The van der Waals surface area contributed by atoms with E-state index >= 15 is 0 Å². The van der Waals surface area contributed by atoms with E-state index in [1.807, 2.05) is 26.4 Å². The topological polar surface area (TPSA) is 59.8 Å². The van der Waals surface area contributed by atoms with Crippen LogP contribution in [0.1, 0.15) is 35.1 Å². The summed E-state index contributed by atoms with van der Waals surface area (Å²) in [5.74, 6) is 0.579. The number of carbonyl (C=O) groups excluding carboxylic acids is 1. The first-order valence-corrected chi connectivity index (χ1v) is 7.96. The largest absolute Gasteiger partial charge is 0.350 e. The van der Waals surface area contributed by atoms with Crippen molar-refractivity contribution in [3.8, 4) is 0 Å². The number of amides is 1. The van der Waals surface area contributed by atoms with Crippen LogP contribution in [0.2, 0.25) is 0 Å². The SMILES string of the molecule is Cc1nc(C)c(CC(=O)NCc2cncn2CC(C)C)s1. The Balaban J connectivity index is 1.89. The zero-order chi connectivity index (χ0) is 15.4. The molecule has 0 saturated heterocycles. The molecule has 2 aromatic rings. The Morgan fingerprint density at radius 3 is 2.81 bits per heavy atom. The van der Waals surface area contributed by atoms with Gasteiger partial charge >= 0.3 is 0 Å². The lowest BCUT2D eigenvalue weighted by Crippen LogP contribution is -2.26. The first-order chi connectivity index (χ1) is 9.95. The van der Waals surface area contributed by atoms with Gasteiger partial charge in [0, 0.05) is 17.6 Å². The number of aromatic nitrogens is 3. The lowest BCUT2D eigenvalue weighted by atomic mass is 10.2. The molecule has 1 N–H and O–H groups in total. The summed E-state index contributed by atoms with van der Waals surface area (Å²) in [4.78, 5) is 21.6. The van der Waals surface area contributed by atoms with Crippen molar-refractivity contribution in [3.63, 3.8) is 0 Å². The Labute approximate surface area is 129 Å². The summed E-state index contributed by atoms with van der Waals surface area (Å²) in [5.41, 5.74) is 1.99. The van der Waals surface area contributed by atoms with Crippen LogP contribution in [-0.2, 0) is 24.3 Å². The molecular weight excluding hydrogens is 284 g/mol. The first-order valence-electron chi connectivity index (χ1n) is 7.14. The van der Waals surface area contributed by atoms with E-state index in [0.29, 0.717) is 18.9 Å². The number of aryl methyl sites for hydroxylation is 2. The van der Waals surface area contributed by atoms with E-state index in [1.54, 1.807) is 11.3 Å². The number of hydrogen-bond acceptors (Lipinski definition) is 4. The Kier molecular flexibility index (Phi) is 5.12. The van der Waals surface area contributed by atoms with Crippen LogP contribution in [0.5, 0.6) is 0 Å². The van der Waals surface area contributed by atoms with Gasteiger partial charge < -0.3 is 9.88 Å². The van der Waals surface area contributed by atoms with E-state index in [1.165, 1.54) is 0 Å². The van der Waals surface area contributed by atoms with E-state index in [9.17, 15) is 4.79 Å². The number of hydrogen-bond donors (Lipinski definition) is 1. The highest BCUT2D eigenvalue weighted by atomic mass is 32.1. The van der Waals surface area contributed by atoms with Gasteiger partial charge in [0.25, 0.3) is 0 Å². The second-order valence-electron chi connectivity index (χ2n) is 5.63. The zero-order valence-corrected chi connectivity index (χ0v) is 13.8. The van der Waals surface area contributed by atoms with Gasteiger partial charge in [-0.25, -0.2) is 9.97 Å². The fourth-order valence-electron chi connectivity index (χ4n) is 2.19. The van der Waals surface area contributed by atoms with Crippen LogP contribution in [0, 0.1) is 19.8 Å². The molecule has 0 aliphatic heterocycles. The quantitative estimate of drug-likeness (QED) is 0.892. The standard InChI is InChI=1S/C15H22N4OS/c1-10(2)8-19-9-16-6-13(19)7-17-15(20)5-14-11(3)18-12(4)21-14/h6,9-10H,5,7-8H2,1-4H3,(H,17,20). The Bertz CT molecular complexity index is 615. The van der Waals surface area contributed by atoms with Crippen molar-refractivity contribution in [1.29, 1.82) is 0 Å². The summed E-state index contributed by atoms with van der Waals surface area (Å²) >= 11 is 1.59. The summed E-state index contributed by atoms with van der Waals surface area (Å²) in [6.45, 7) is 9.67. The van der Waals surface area contributed by atoms with Gasteiger partial charge in [-0.3, -0.25) is 4.79 Å². The average molecular weight is 306 g/mol. The van der Waals surface area contributed by atoms with E-state index < -0.39 is 0 Å². The van der Waals surface area contributed by atoms with Crippen molar-refractivity contribution in [1.82, 2.24) is 19.9 Å². The number of imidazole rings is 1. The summed E-state index contributed by atoms with van der Waals surface area (Å²) < 4.78 is 2.09. The van der Waals surface area contributed by atoms with Gasteiger partial charge in [-0.15, -0.1) is 11.3 Å². The predicted molar refractivity (Wildman–Crippen MR) is 84.2 cm³/mol. The highest BCUT2D eigenvalue weighted by Gasteiger charge is 2.11. The van der Waals surface area contributed by atoms with Crippen LogP contribution in [0.3, 0.4) is 0 Å². The minimum atomic E-state index is 0.0269. The van der Waals surface area contributed by atoms with Crippen LogP contribution in [0.15, 0.2) is 12.5 Å². The maximum absolute atomic E-state index is 12.0. The molecule has 2 heterocycles. The lowest BCUT2D eigenvalue weighted by molar-refractivity contribution is -0.120. The van der Waals surface area contributed by atoms with Crippen molar-refractivity contribution >= 4 is 17.2 Å². The third kappa shape index (κ3) is 4.39. The number of carbonyl (C=O) groups is 1. The maximum atomic E-state index is 12.0. The molecule has 0 aliphatic carbocycles. The van der Waals surface area contributed by atoms with Crippen LogP contribution in [0.4, 0.5) is 0 Å². The summed E-state index contributed by atoms with van der Waals surface area (Å²) in [6.07, 6.45) is 4.03. The van der Waals surface area contributed by atoms with Gasteiger partial charge in [0.2, 0.25) is 5.91 Å². The first kappa shape index (κ1) is 15.7. The van der Waals surface area contributed by atoms with Gasteiger partial charge in [0.1, 0.15) is 0 Å².